The number of nitrogens with zero attached hydrogens (tertiary/aromatic N) is 4. The highest BCUT2D eigenvalue weighted by Crippen LogP contribution is 2.26. The van der Waals surface area contributed by atoms with Gasteiger partial charge in [-0.15, -0.1) is 0 Å². The number of methoxy groups -OCH3 is 1. The van der Waals surface area contributed by atoms with Crippen molar-refractivity contribution in [2.24, 2.45) is 5.73 Å². The number of pyridine rings is 1. The molecule has 0 aliphatic rings. The minimum atomic E-state index is 0.169. The average Bonchev–Trinajstić information content (AvgIpc) is 2.86. The summed E-state index contributed by atoms with van der Waals surface area (Å²) in [5.41, 5.74) is 7.37. The van der Waals surface area contributed by atoms with Crippen molar-refractivity contribution in [2.75, 3.05) is 32.1 Å². The number of nitrogens with one attached hydrogen (secondary N) is 2. The molecule has 1 aromatic carbocycles. The normalized spacial score (nSPS) is 11.1. The number of hydrogen-bond donors (Lipinski definition) is 3. The average molecular weight is 462 g/mol. The first-order valence-electron chi connectivity index (χ1n) is 11.9. The predicted octanol–water partition coefficient (Wildman–Crippen LogP) is 4.78. The molecule has 2 heterocycles. The van der Waals surface area contributed by atoms with Gasteiger partial charge in [-0.05, 0) is 61.7 Å². The molecular weight excluding hydrogens is 426 g/mol. The number of guanidine groups is 1. The van der Waals surface area contributed by atoms with E-state index in [1.54, 1.807) is 13.3 Å². The molecule has 0 fully saturated rings. The number of aromatic nitrogens is 3. The lowest BCUT2D eigenvalue weighted by molar-refractivity contribution is 0.394. The van der Waals surface area contributed by atoms with E-state index in [4.69, 9.17) is 20.9 Å². The van der Waals surface area contributed by atoms with Gasteiger partial charge in [-0.25, -0.2) is 9.97 Å². The second-order valence-corrected chi connectivity index (χ2v) is 8.11. The topological polar surface area (TPSA) is 113 Å². The lowest BCUT2D eigenvalue weighted by Gasteiger charge is -2.21. The van der Waals surface area contributed by atoms with E-state index in [1.165, 1.54) is 0 Å². The summed E-state index contributed by atoms with van der Waals surface area (Å²) in [6.07, 6.45) is 10.8. The number of nitrogens with two attached hydrogens (primary N) is 1. The Morgan fingerprint density at radius 3 is 2.68 bits per heavy atom. The third-order valence-electron chi connectivity index (χ3n) is 5.49. The van der Waals surface area contributed by atoms with Gasteiger partial charge in [0.05, 0.1) is 18.3 Å². The quantitative estimate of drug-likeness (QED) is 0.191. The van der Waals surface area contributed by atoms with Crippen molar-refractivity contribution >= 4 is 34.8 Å². The summed E-state index contributed by atoms with van der Waals surface area (Å²) in [7, 11) is 1.66. The van der Waals surface area contributed by atoms with Crippen LogP contribution in [0.1, 0.15) is 50.5 Å². The number of hydrogen-bond acceptors (Lipinski definition) is 6. The number of unbranched alkanes of at least 4 members (excludes halogenated alkanes) is 3. The second-order valence-electron chi connectivity index (χ2n) is 8.11. The van der Waals surface area contributed by atoms with E-state index in [0.717, 1.165) is 79.9 Å². The third kappa shape index (κ3) is 7.43. The molecule has 8 heteroatoms. The van der Waals surface area contributed by atoms with Crippen molar-refractivity contribution in [1.29, 1.82) is 5.41 Å². The summed E-state index contributed by atoms with van der Waals surface area (Å²) in [6, 6.07) is 11.6. The first-order valence-corrected chi connectivity index (χ1v) is 11.9. The molecule has 8 nitrogen and oxygen atoms in total. The minimum Gasteiger partial charge on any atom is -0.497 e. The van der Waals surface area contributed by atoms with E-state index in [-0.39, 0.29) is 5.96 Å². The van der Waals surface area contributed by atoms with E-state index in [2.05, 4.69) is 22.2 Å². The van der Waals surface area contributed by atoms with Crippen molar-refractivity contribution in [3.05, 3.63) is 54.1 Å². The van der Waals surface area contributed by atoms with Crippen LogP contribution in [0.3, 0.4) is 0 Å². The minimum absolute atomic E-state index is 0.169. The van der Waals surface area contributed by atoms with Crippen LogP contribution in [-0.2, 0) is 0 Å². The van der Waals surface area contributed by atoms with Gasteiger partial charge in [0.1, 0.15) is 11.6 Å². The lowest BCUT2D eigenvalue weighted by atomic mass is 10.1. The zero-order valence-electron chi connectivity index (χ0n) is 20.1. The second kappa shape index (κ2) is 13.1. The molecule has 3 rings (SSSR count). The van der Waals surface area contributed by atoms with Gasteiger partial charge in [0.15, 0.2) is 11.8 Å². The maximum absolute atomic E-state index is 7.65. The molecule has 0 radical (unpaired) electrons. The van der Waals surface area contributed by atoms with Gasteiger partial charge in [0.25, 0.3) is 0 Å². The van der Waals surface area contributed by atoms with Crippen LogP contribution >= 0.6 is 0 Å². The van der Waals surface area contributed by atoms with Crippen LogP contribution in [0.2, 0.25) is 0 Å². The molecule has 0 unspecified atom stereocenters. The number of benzene rings is 1. The fourth-order valence-corrected chi connectivity index (χ4v) is 3.71. The van der Waals surface area contributed by atoms with Crippen molar-refractivity contribution in [1.82, 2.24) is 19.9 Å². The zero-order chi connectivity index (χ0) is 24.2. The Hall–Kier alpha value is -3.68. The number of anilines is 1. The SMILES string of the molecule is CCCN(CCCCCCNc1nc(/C=C/c2ccccn2)nc2ccc(OC)cc12)C(=N)N. The fraction of sp³-hybridized carbons (Fsp3) is 0.385. The molecular formula is C26H35N7O. The summed E-state index contributed by atoms with van der Waals surface area (Å²) >= 11 is 0. The Kier molecular flexibility index (Phi) is 9.64. The van der Waals surface area contributed by atoms with E-state index < -0.39 is 0 Å². The van der Waals surface area contributed by atoms with Gasteiger partial charge in [0.2, 0.25) is 0 Å². The van der Waals surface area contributed by atoms with E-state index in [1.807, 2.05) is 53.5 Å². The number of fused-ring (bicyclic) bond motifs is 1. The summed E-state index contributed by atoms with van der Waals surface area (Å²) in [5, 5.41) is 12.1. The van der Waals surface area contributed by atoms with Crippen molar-refractivity contribution < 1.29 is 4.74 Å². The highest BCUT2D eigenvalue weighted by molar-refractivity contribution is 5.91. The molecule has 0 spiro atoms. The van der Waals surface area contributed by atoms with Crippen molar-refractivity contribution in [2.45, 2.75) is 39.0 Å². The molecule has 0 saturated heterocycles. The summed E-state index contributed by atoms with van der Waals surface area (Å²) in [5.74, 6) is 2.38. The van der Waals surface area contributed by atoms with Crippen LogP contribution < -0.4 is 15.8 Å². The van der Waals surface area contributed by atoms with Crippen LogP contribution in [-0.4, -0.2) is 52.6 Å². The molecule has 2 aromatic heterocycles. The lowest BCUT2D eigenvalue weighted by Crippen LogP contribution is -2.37. The molecule has 0 aliphatic carbocycles. The van der Waals surface area contributed by atoms with Crippen LogP contribution in [0.4, 0.5) is 5.82 Å². The maximum atomic E-state index is 7.65. The largest absolute Gasteiger partial charge is 0.497 e. The predicted molar refractivity (Wildman–Crippen MR) is 140 cm³/mol. The van der Waals surface area contributed by atoms with E-state index >= 15 is 0 Å². The molecule has 34 heavy (non-hydrogen) atoms. The Labute approximate surface area is 201 Å². The van der Waals surface area contributed by atoms with Gasteiger partial charge in [-0.2, -0.15) is 0 Å². The first-order chi connectivity index (χ1) is 16.6. The molecule has 3 aromatic rings. The number of ether oxygens (including phenoxy) is 1. The molecule has 180 valence electrons. The van der Waals surface area contributed by atoms with Crippen LogP contribution in [0.15, 0.2) is 42.6 Å². The highest BCUT2D eigenvalue weighted by atomic mass is 16.5. The molecule has 0 saturated carbocycles. The maximum Gasteiger partial charge on any atom is 0.188 e. The Bertz CT molecular complexity index is 1090. The molecule has 0 amide bonds. The molecule has 0 atom stereocenters. The Balaban J connectivity index is 1.61. The van der Waals surface area contributed by atoms with Crippen molar-refractivity contribution in [3.63, 3.8) is 0 Å². The summed E-state index contributed by atoms with van der Waals surface area (Å²) in [6.45, 7) is 4.61. The summed E-state index contributed by atoms with van der Waals surface area (Å²) < 4.78 is 5.40. The van der Waals surface area contributed by atoms with Gasteiger partial charge in [-0.1, -0.05) is 25.8 Å². The Morgan fingerprint density at radius 2 is 1.94 bits per heavy atom. The monoisotopic (exact) mass is 461 g/mol. The van der Waals surface area contributed by atoms with Gasteiger partial charge in [-0.3, -0.25) is 10.4 Å². The van der Waals surface area contributed by atoms with Gasteiger partial charge < -0.3 is 20.7 Å². The Morgan fingerprint density at radius 1 is 1.09 bits per heavy atom. The van der Waals surface area contributed by atoms with Crippen LogP contribution in [0.5, 0.6) is 5.75 Å². The van der Waals surface area contributed by atoms with E-state index in [0.29, 0.717) is 5.82 Å². The standard InChI is InChI=1S/C26H35N7O/c1-3-17-33(26(27)28)18-9-5-4-7-16-30-25-22-19-21(34-2)12-13-23(22)31-24(32-25)14-11-20-10-6-8-15-29-20/h6,8,10-15,19H,3-5,7,9,16-18H2,1-2H3,(H3,27,28)(H,30,31,32)/b14-11+. The number of rotatable bonds is 13. The highest BCUT2D eigenvalue weighted by Gasteiger charge is 2.08. The zero-order valence-corrected chi connectivity index (χ0v) is 20.1. The smallest absolute Gasteiger partial charge is 0.188 e. The fourth-order valence-electron chi connectivity index (χ4n) is 3.71. The molecule has 0 aliphatic heterocycles. The van der Waals surface area contributed by atoms with Crippen LogP contribution in [0.25, 0.3) is 23.1 Å². The third-order valence-corrected chi connectivity index (χ3v) is 5.49. The summed E-state index contributed by atoms with van der Waals surface area (Å²) in [4.78, 5) is 15.7. The first kappa shape index (κ1) is 25.0. The van der Waals surface area contributed by atoms with Crippen LogP contribution in [0, 0.1) is 5.41 Å². The van der Waals surface area contributed by atoms with Gasteiger partial charge in [0, 0.05) is 31.2 Å². The van der Waals surface area contributed by atoms with Gasteiger partial charge >= 0.3 is 0 Å². The van der Waals surface area contributed by atoms with E-state index in [9.17, 15) is 0 Å². The molecule has 0 bridgehead atoms. The van der Waals surface area contributed by atoms with Crippen molar-refractivity contribution in [3.8, 4) is 5.75 Å². The molecule has 4 N–H and O–H groups in total.